The summed E-state index contributed by atoms with van der Waals surface area (Å²) in [5, 5.41) is 0.480. The number of nitrogens with zero attached hydrogens (tertiary/aromatic N) is 3. The Morgan fingerprint density at radius 3 is 2.81 bits per heavy atom. The van der Waals surface area contributed by atoms with Crippen molar-refractivity contribution in [2.24, 2.45) is 25.9 Å². The molecule has 8 nitrogen and oxygen atoms in total. The van der Waals surface area contributed by atoms with Crippen LogP contribution in [-0.2, 0) is 23.6 Å². The van der Waals surface area contributed by atoms with Gasteiger partial charge in [-0.05, 0) is 25.2 Å². The second kappa shape index (κ2) is 7.79. The molecule has 0 spiro atoms. The minimum atomic E-state index is -0.424. The van der Waals surface area contributed by atoms with Gasteiger partial charge in [0.05, 0.1) is 5.75 Å². The monoisotopic (exact) mass is 380 g/mol. The molecule has 2 aromatic heterocycles. The van der Waals surface area contributed by atoms with E-state index in [0.717, 1.165) is 23.8 Å². The molecule has 1 saturated heterocycles. The minimum absolute atomic E-state index is 0.0352. The van der Waals surface area contributed by atoms with E-state index >= 15 is 0 Å². The average Bonchev–Trinajstić information content (AvgIpc) is 3.04. The number of aromatic amines is 1. The molecule has 3 rings (SSSR count). The molecule has 0 aromatic carbocycles. The molecular formula is C17H24N4O4S. The molecule has 1 N–H and O–H groups in total. The summed E-state index contributed by atoms with van der Waals surface area (Å²) >= 11 is 1.28. The molecule has 142 valence electrons. The Morgan fingerprint density at radius 1 is 1.27 bits per heavy atom. The van der Waals surface area contributed by atoms with Crippen molar-refractivity contribution in [1.82, 2.24) is 19.1 Å². The van der Waals surface area contributed by atoms with Crippen molar-refractivity contribution in [2.45, 2.75) is 31.3 Å². The number of rotatable bonds is 4. The number of Topliss-reactive ketones (excluding diaryl/α,β-unsaturated/α-hetero) is 1. The second-order valence-electron chi connectivity index (χ2n) is 6.83. The number of imidazole rings is 1. The number of fused-ring (bicyclic) bond motifs is 1. The lowest BCUT2D eigenvalue weighted by molar-refractivity contribution is -0.122. The lowest BCUT2D eigenvalue weighted by Gasteiger charge is -2.25. The van der Waals surface area contributed by atoms with Crippen LogP contribution in [-0.4, -0.2) is 43.9 Å². The van der Waals surface area contributed by atoms with Crippen molar-refractivity contribution < 1.29 is 9.53 Å². The summed E-state index contributed by atoms with van der Waals surface area (Å²) in [5.74, 6) is 0.830. The van der Waals surface area contributed by atoms with Gasteiger partial charge < -0.3 is 9.72 Å². The third-order valence-electron chi connectivity index (χ3n) is 5.05. The number of ether oxygens (including phenoxy) is 1. The summed E-state index contributed by atoms with van der Waals surface area (Å²) in [7, 11) is 3.00. The van der Waals surface area contributed by atoms with Crippen LogP contribution in [0, 0.1) is 11.8 Å². The summed E-state index contributed by atoms with van der Waals surface area (Å²) in [6, 6.07) is 0. The molecule has 2 aromatic rings. The highest BCUT2D eigenvalue weighted by molar-refractivity contribution is 7.99. The van der Waals surface area contributed by atoms with Crippen molar-refractivity contribution in [3.05, 3.63) is 20.8 Å². The van der Waals surface area contributed by atoms with Crippen LogP contribution in [0.4, 0.5) is 0 Å². The molecule has 2 atom stereocenters. The number of nitrogens with one attached hydrogen (secondary N) is 1. The summed E-state index contributed by atoms with van der Waals surface area (Å²) < 4.78 is 7.86. The van der Waals surface area contributed by atoms with Crippen LogP contribution in [0.25, 0.3) is 11.2 Å². The van der Waals surface area contributed by atoms with Gasteiger partial charge in [0.25, 0.3) is 5.56 Å². The lowest BCUT2D eigenvalue weighted by Crippen LogP contribution is -2.36. The standard InChI is InChI=1S/C17H24N4O4S/c1-10-6-8-25-7-4-5-11(10)12(22)9-26-16-18-13-14(19-16)20(2)17(24)21(3)15(13)23/h10-11H,4-9H2,1-3H3,(H,18,19). The van der Waals surface area contributed by atoms with E-state index in [-0.39, 0.29) is 17.2 Å². The maximum absolute atomic E-state index is 12.7. The fraction of sp³-hybridized carbons (Fsp3) is 0.647. The van der Waals surface area contributed by atoms with Gasteiger partial charge in [0.15, 0.2) is 16.3 Å². The highest BCUT2D eigenvalue weighted by Crippen LogP contribution is 2.27. The minimum Gasteiger partial charge on any atom is -0.381 e. The zero-order chi connectivity index (χ0) is 18.8. The van der Waals surface area contributed by atoms with Gasteiger partial charge in [-0.2, -0.15) is 0 Å². The molecule has 0 saturated carbocycles. The third-order valence-corrected chi connectivity index (χ3v) is 5.94. The summed E-state index contributed by atoms with van der Waals surface area (Å²) in [4.78, 5) is 44.1. The molecule has 0 radical (unpaired) electrons. The molecule has 2 unspecified atom stereocenters. The van der Waals surface area contributed by atoms with Gasteiger partial charge in [-0.1, -0.05) is 18.7 Å². The first-order valence-corrected chi connectivity index (χ1v) is 9.77. The van der Waals surface area contributed by atoms with Crippen molar-refractivity contribution in [3.63, 3.8) is 0 Å². The van der Waals surface area contributed by atoms with Crippen molar-refractivity contribution in [1.29, 1.82) is 0 Å². The quantitative estimate of drug-likeness (QED) is 0.797. The average molecular weight is 380 g/mol. The zero-order valence-electron chi connectivity index (χ0n) is 15.3. The van der Waals surface area contributed by atoms with Gasteiger partial charge >= 0.3 is 5.69 Å². The van der Waals surface area contributed by atoms with Crippen LogP contribution in [0.15, 0.2) is 14.7 Å². The first-order valence-electron chi connectivity index (χ1n) is 8.79. The van der Waals surface area contributed by atoms with E-state index in [9.17, 15) is 14.4 Å². The number of aromatic nitrogens is 4. The van der Waals surface area contributed by atoms with Gasteiger partial charge in [-0.3, -0.25) is 18.7 Å². The maximum Gasteiger partial charge on any atom is 0.332 e. The Bertz CT molecular complexity index is 929. The van der Waals surface area contributed by atoms with Gasteiger partial charge in [-0.25, -0.2) is 9.78 Å². The highest BCUT2D eigenvalue weighted by atomic mass is 32.2. The van der Waals surface area contributed by atoms with Crippen LogP contribution in [0.2, 0.25) is 0 Å². The summed E-state index contributed by atoms with van der Waals surface area (Å²) in [6.45, 7) is 3.52. The molecule has 1 aliphatic rings. The fourth-order valence-electron chi connectivity index (χ4n) is 3.36. The second-order valence-corrected chi connectivity index (χ2v) is 7.79. The van der Waals surface area contributed by atoms with E-state index in [0.29, 0.717) is 35.7 Å². The molecule has 0 aliphatic carbocycles. The number of H-pyrrole nitrogens is 1. The molecule has 1 fully saturated rings. The lowest BCUT2D eigenvalue weighted by atomic mass is 9.84. The highest BCUT2D eigenvalue weighted by Gasteiger charge is 2.26. The predicted molar refractivity (Wildman–Crippen MR) is 99.6 cm³/mol. The van der Waals surface area contributed by atoms with E-state index in [4.69, 9.17) is 4.74 Å². The Kier molecular flexibility index (Phi) is 5.67. The van der Waals surface area contributed by atoms with Crippen LogP contribution in [0.1, 0.15) is 26.2 Å². The number of carbonyl (C=O) groups excluding carboxylic acids is 1. The largest absolute Gasteiger partial charge is 0.381 e. The SMILES string of the molecule is CC1CCOCCCC1C(=O)CSc1nc2c([nH]1)c(=O)n(C)c(=O)n2C. The molecule has 0 bridgehead atoms. The Morgan fingerprint density at radius 2 is 2.04 bits per heavy atom. The maximum atomic E-state index is 12.7. The number of hydrogen-bond donors (Lipinski definition) is 1. The van der Waals surface area contributed by atoms with E-state index in [2.05, 4.69) is 16.9 Å². The molecule has 9 heteroatoms. The van der Waals surface area contributed by atoms with Gasteiger partial charge in [-0.15, -0.1) is 0 Å². The normalized spacial score (nSPS) is 21.5. The Balaban J connectivity index is 1.76. The number of thioether (sulfide) groups is 1. The Labute approximate surface area is 154 Å². The molecule has 0 amide bonds. The van der Waals surface area contributed by atoms with E-state index in [1.165, 1.54) is 23.4 Å². The molecule has 1 aliphatic heterocycles. The molecular weight excluding hydrogens is 356 g/mol. The van der Waals surface area contributed by atoms with E-state index in [1.54, 1.807) is 7.05 Å². The van der Waals surface area contributed by atoms with Crippen LogP contribution < -0.4 is 11.2 Å². The predicted octanol–water partition coefficient (Wildman–Crippen LogP) is 1.07. The topological polar surface area (TPSA) is 99.0 Å². The summed E-state index contributed by atoms with van der Waals surface area (Å²) in [6.07, 6.45) is 2.63. The fourth-order valence-corrected chi connectivity index (χ4v) is 4.18. The molecule has 3 heterocycles. The first kappa shape index (κ1) is 18.9. The van der Waals surface area contributed by atoms with Gasteiger partial charge in [0.2, 0.25) is 0 Å². The van der Waals surface area contributed by atoms with Gasteiger partial charge in [0, 0.05) is 33.2 Å². The number of ketones is 1. The molecule has 26 heavy (non-hydrogen) atoms. The van der Waals surface area contributed by atoms with Gasteiger partial charge in [0.1, 0.15) is 5.78 Å². The van der Waals surface area contributed by atoms with Crippen molar-refractivity contribution in [3.8, 4) is 0 Å². The Hall–Kier alpha value is -1.87. The summed E-state index contributed by atoms with van der Waals surface area (Å²) in [5.41, 5.74) is -0.250. The smallest absolute Gasteiger partial charge is 0.332 e. The third kappa shape index (κ3) is 3.64. The first-order chi connectivity index (χ1) is 12.4. The number of carbonyl (C=O) groups is 1. The zero-order valence-corrected chi connectivity index (χ0v) is 16.1. The number of hydrogen-bond acceptors (Lipinski definition) is 6. The van der Waals surface area contributed by atoms with Crippen molar-refractivity contribution >= 4 is 28.7 Å². The van der Waals surface area contributed by atoms with Crippen LogP contribution in [0.5, 0.6) is 0 Å². The van der Waals surface area contributed by atoms with E-state index in [1.807, 2.05) is 0 Å². The van der Waals surface area contributed by atoms with E-state index < -0.39 is 11.2 Å². The van der Waals surface area contributed by atoms with Crippen LogP contribution >= 0.6 is 11.8 Å². The number of aryl methyl sites for hydroxylation is 1. The van der Waals surface area contributed by atoms with Crippen LogP contribution in [0.3, 0.4) is 0 Å². The van der Waals surface area contributed by atoms with Crippen molar-refractivity contribution in [2.75, 3.05) is 19.0 Å².